The Labute approximate surface area is 66.3 Å². The molecular weight excluding hydrogens is 161 g/mol. The van der Waals surface area contributed by atoms with Gasteiger partial charge in [0.05, 0.1) is 5.50 Å². The molecule has 1 N–H and O–H groups in total. The molecule has 0 amide bonds. The molecule has 0 aromatic heterocycles. The second-order valence-corrected chi connectivity index (χ2v) is 2.46. The minimum atomic E-state index is 0. The molecule has 2 atom stereocenters. The molecule has 0 aromatic carbocycles. The van der Waals surface area contributed by atoms with Crippen molar-refractivity contribution in [2.75, 3.05) is 7.11 Å². The van der Waals surface area contributed by atoms with Gasteiger partial charge in [-0.3, -0.25) is 5.32 Å². The monoisotopic (exact) mass is 171 g/mol. The molecule has 1 rings (SSSR count). The van der Waals surface area contributed by atoms with Gasteiger partial charge in [0.2, 0.25) is 0 Å². The van der Waals surface area contributed by atoms with Gasteiger partial charge in [0.1, 0.15) is 6.23 Å². The first-order valence-electron chi connectivity index (χ1n) is 2.76. The number of hydrogen-bond acceptors (Lipinski definition) is 2. The van der Waals surface area contributed by atoms with Crippen molar-refractivity contribution in [2.24, 2.45) is 0 Å². The van der Waals surface area contributed by atoms with Crippen LogP contribution in [0, 0.1) is 0 Å². The van der Waals surface area contributed by atoms with Crippen molar-refractivity contribution >= 4 is 24.0 Å². The van der Waals surface area contributed by atoms with Crippen LogP contribution in [0.3, 0.4) is 0 Å². The van der Waals surface area contributed by atoms with Gasteiger partial charge in [0.25, 0.3) is 0 Å². The maximum absolute atomic E-state index is 5.69. The topological polar surface area (TPSA) is 21.3 Å². The van der Waals surface area contributed by atoms with Gasteiger partial charge in [-0.15, -0.1) is 24.0 Å². The van der Waals surface area contributed by atoms with E-state index in [1.807, 2.05) is 0 Å². The van der Waals surface area contributed by atoms with Crippen LogP contribution in [0.15, 0.2) is 0 Å². The number of halogens is 2. The lowest BCUT2D eigenvalue weighted by atomic mass is 10.4. The molecule has 56 valence electrons. The van der Waals surface area contributed by atoms with Crippen LogP contribution in [0.1, 0.15) is 12.8 Å². The Kier molecular flexibility index (Phi) is 4.58. The highest BCUT2D eigenvalue weighted by atomic mass is 35.5. The van der Waals surface area contributed by atoms with Crippen molar-refractivity contribution in [2.45, 2.75) is 24.6 Å². The first kappa shape index (κ1) is 9.50. The van der Waals surface area contributed by atoms with E-state index in [4.69, 9.17) is 16.3 Å². The molecule has 1 aliphatic heterocycles. The van der Waals surface area contributed by atoms with Crippen LogP contribution in [0.5, 0.6) is 0 Å². The molecule has 1 aliphatic rings. The lowest BCUT2D eigenvalue weighted by Gasteiger charge is -2.06. The van der Waals surface area contributed by atoms with Gasteiger partial charge >= 0.3 is 0 Å². The molecule has 4 heteroatoms. The molecule has 0 radical (unpaired) electrons. The zero-order chi connectivity index (χ0) is 5.98. The fourth-order valence-corrected chi connectivity index (χ4v) is 1.12. The molecular formula is C5H11Cl2NO. The van der Waals surface area contributed by atoms with Crippen molar-refractivity contribution in [3.63, 3.8) is 0 Å². The van der Waals surface area contributed by atoms with Crippen LogP contribution in [-0.2, 0) is 4.74 Å². The van der Waals surface area contributed by atoms with E-state index in [9.17, 15) is 0 Å². The largest absolute Gasteiger partial charge is 0.367 e. The number of alkyl halides is 1. The normalized spacial score (nSPS) is 34.0. The van der Waals surface area contributed by atoms with E-state index in [-0.39, 0.29) is 24.1 Å². The van der Waals surface area contributed by atoms with Crippen LogP contribution in [0.2, 0.25) is 0 Å². The predicted molar refractivity (Wildman–Crippen MR) is 40.1 cm³/mol. The van der Waals surface area contributed by atoms with Crippen molar-refractivity contribution in [1.29, 1.82) is 0 Å². The summed E-state index contributed by atoms with van der Waals surface area (Å²) in [5, 5.41) is 3.05. The summed E-state index contributed by atoms with van der Waals surface area (Å²) in [6, 6.07) is 0. The van der Waals surface area contributed by atoms with E-state index in [0.717, 1.165) is 12.8 Å². The lowest BCUT2D eigenvalue weighted by Crippen LogP contribution is -2.26. The van der Waals surface area contributed by atoms with Gasteiger partial charge in [-0.05, 0) is 12.8 Å². The fourth-order valence-electron chi connectivity index (χ4n) is 0.852. The highest BCUT2D eigenvalue weighted by Gasteiger charge is 2.20. The van der Waals surface area contributed by atoms with E-state index in [2.05, 4.69) is 5.32 Å². The maximum Gasteiger partial charge on any atom is 0.108 e. The average molecular weight is 172 g/mol. The molecule has 0 saturated carbocycles. The standard InChI is InChI=1S/C5H10ClNO.ClH/c1-8-5-3-2-4(6)7-5;/h4-5,7H,2-3H2,1H3;1H. The molecule has 0 spiro atoms. The van der Waals surface area contributed by atoms with Gasteiger partial charge in [-0.1, -0.05) is 0 Å². The molecule has 1 heterocycles. The van der Waals surface area contributed by atoms with Crippen molar-refractivity contribution in [3.05, 3.63) is 0 Å². The molecule has 0 bridgehead atoms. The number of nitrogens with one attached hydrogen (secondary N) is 1. The summed E-state index contributed by atoms with van der Waals surface area (Å²) in [6.45, 7) is 0. The van der Waals surface area contributed by atoms with Gasteiger partial charge in [0, 0.05) is 7.11 Å². The Morgan fingerprint density at radius 3 is 2.44 bits per heavy atom. The third kappa shape index (κ3) is 2.72. The summed E-state index contributed by atoms with van der Waals surface area (Å²) in [6.07, 6.45) is 2.24. The first-order chi connectivity index (χ1) is 3.83. The number of rotatable bonds is 1. The zero-order valence-corrected chi connectivity index (χ0v) is 6.84. The van der Waals surface area contributed by atoms with Crippen LogP contribution in [0.25, 0.3) is 0 Å². The number of ether oxygens (including phenoxy) is 1. The van der Waals surface area contributed by atoms with E-state index in [1.54, 1.807) is 7.11 Å². The SMILES string of the molecule is COC1CCC(Cl)N1.Cl. The smallest absolute Gasteiger partial charge is 0.108 e. The van der Waals surface area contributed by atoms with E-state index in [0.29, 0.717) is 0 Å². The van der Waals surface area contributed by atoms with Crippen LogP contribution in [-0.4, -0.2) is 18.8 Å². The molecule has 1 saturated heterocycles. The molecule has 9 heavy (non-hydrogen) atoms. The Hall–Kier alpha value is 0.500. The third-order valence-electron chi connectivity index (χ3n) is 1.33. The summed E-state index contributed by atoms with van der Waals surface area (Å²) >= 11 is 5.69. The van der Waals surface area contributed by atoms with Gasteiger partial charge < -0.3 is 4.74 Å². The summed E-state index contributed by atoms with van der Waals surface area (Å²) in [5.41, 5.74) is 0.125. The third-order valence-corrected chi connectivity index (χ3v) is 1.68. The van der Waals surface area contributed by atoms with Gasteiger partial charge in [-0.25, -0.2) is 0 Å². The second-order valence-electron chi connectivity index (χ2n) is 1.94. The average Bonchev–Trinajstić information content (AvgIpc) is 2.14. The van der Waals surface area contributed by atoms with Crippen molar-refractivity contribution in [3.8, 4) is 0 Å². The van der Waals surface area contributed by atoms with Crippen molar-refractivity contribution < 1.29 is 4.74 Å². The van der Waals surface area contributed by atoms with Gasteiger partial charge in [-0.2, -0.15) is 0 Å². The second kappa shape index (κ2) is 4.34. The van der Waals surface area contributed by atoms with E-state index >= 15 is 0 Å². The van der Waals surface area contributed by atoms with Crippen molar-refractivity contribution in [1.82, 2.24) is 5.32 Å². The highest BCUT2D eigenvalue weighted by molar-refractivity contribution is 6.20. The van der Waals surface area contributed by atoms with Crippen LogP contribution >= 0.6 is 24.0 Å². The Morgan fingerprint density at radius 1 is 1.56 bits per heavy atom. The summed E-state index contributed by atoms with van der Waals surface area (Å²) in [4.78, 5) is 0. The summed E-state index contributed by atoms with van der Waals surface area (Å²) in [5.74, 6) is 0. The Morgan fingerprint density at radius 2 is 2.22 bits per heavy atom. The Bertz CT molecular complexity index is 81.4. The minimum absolute atomic E-state index is 0. The molecule has 2 unspecified atom stereocenters. The Balaban J connectivity index is 0.000000640. The van der Waals surface area contributed by atoms with Gasteiger partial charge in [0.15, 0.2) is 0 Å². The highest BCUT2D eigenvalue weighted by Crippen LogP contribution is 2.14. The minimum Gasteiger partial charge on any atom is -0.367 e. The predicted octanol–water partition coefficient (Wildman–Crippen LogP) is 1.33. The molecule has 0 aromatic rings. The first-order valence-corrected chi connectivity index (χ1v) is 3.19. The maximum atomic E-state index is 5.69. The number of hydrogen-bond donors (Lipinski definition) is 1. The van der Waals surface area contributed by atoms with E-state index in [1.165, 1.54) is 0 Å². The molecule has 1 fully saturated rings. The van der Waals surface area contributed by atoms with E-state index < -0.39 is 0 Å². The van der Waals surface area contributed by atoms with Crippen LogP contribution < -0.4 is 5.32 Å². The lowest BCUT2D eigenvalue weighted by molar-refractivity contribution is 0.0900. The quantitative estimate of drug-likeness (QED) is 0.475. The molecule has 2 nitrogen and oxygen atoms in total. The summed E-state index contributed by atoms with van der Waals surface area (Å²) < 4.78 is 4.99. The molecule has 0 aliphatic carbocycles. The number of methoxy groups -OCH3 is 1. The fraction of sp³-hybridized carbons (Fsp3) is 1.00. The van der Waals surface area contributed by atoms with Crippen LogP contribution in [0.4, 0.5) is 0 Å². The summed E-state index contributed by atoms with van der Waals surface area (Å²) in [7, 11) is 1.69. The zero-order valence-electron chi connectivity index (χ0n) is 5.26.